The Balaban J connectivity index is 1.96. The van der Waals surface area contributed by atoms with Crippen molar-refractivity contribution in [2.75, 3.05) is 33.3 Å². The molecule has 0 saturated carbocycles. The van der Waals surface area contributed by atoms with Gasteiger partial charge in [-0.1, -0.05) is 47.0 Å². The normalized spacial score (nSPS) is 10.8. The first-order valence-electron chi connectivity index (χ1n) is 9.94. The van der Waals surface area contributed by atoms with Crippen LogP contribution in [0.4, 0.5) is 0 Å². The number of carbonyl (C=O) groups excluding carboxylic acids is 1. The van der Waals surface area contributed by atoms with Crippen LogP contribution < -0.4 is 18.9 Å². The molecule has 30 heavy (non-hydrogen) atoms. The summed E-state index contributed by atoms with van der Waals surface area (Å²) in [6.45, 7) is 0.719. The van der Waals surface area contributed by atoms with Crippen LogP contribution in [0.25, 0.3) is 6.08 Å². The molecule has 0 fully saturated rings. The van der Waals surface area contributed by atoms with Gasteiger partial charge in [-0.2, -0.15) is 0 Å². The van der Waals surface area contributed by atoms with Crippen LogP contribution in [0.15, 0.2) is 42.5 Å². The largest absolute Gasteiger partial charge is 0.494 e. The number of carbonyl (C=O) groups is 1. The molecule has 0 aliphatic rings. The number of ketones is 1. The van der Waals surface area contributed by atoms with Crippen LogP contribution in [0.2, 0.25) is 0 Å². The van der Waals surface area contributed by atoms with E-state index in [2.05, 4.69) is 15.9 Å². The summed E-state index contributed by atoms with van der Waals surface area (Å²) in [5.74, 6) is 2.03. The van der Waals surface area contributed by atoms with E-state index in [0.717, 1.165) is 29.7 Å². The lowest BCUT2D eigenvalue weighted by molar-refractivity contribution is 0.104. The van der Waals surface area contributed by atoms with Crippen molar-refractivity contribution in [2.24, 2.45) is 0 Å². The Labute approximate surface area is 187 Å². The van der Waals surface area contributed by atoms with Crippen LogP contribution >= 0.6 is 15.9 Å². The molecule has 162 valence electrons. The zero-order valence-electron chi connectivity index (χ0n) is 17.8. The number of ether oxygens (including phenoxy) is 4. The van der Waals surface area contributed by atoms with E-state index in [1.165, 1.54) is 46.7 Å². The minimum atomic E-state index is -0.155. The third-order valence-corrected chi connectivity index (χ3v) is 5.11. The third kappa shape index (κ3) is 7.10. The lowest BCUT2D eigenvalue weighted by Gasteiger charge is -2.13. The minimum Gasteiger partial charge on any atom is -0.494 e. The zero-order chi connectivity index (χ0) is 21.8. The van der Waals surface area contributed by atoms with Crippen molar-refractivity contribution in [3.05, 3.63) is 53.6 Å². The maximum atomic E-state index is 12.6. The molecule has 5 nitrogen and oxygen atoms in total. The number of unbranched alkanes of at least 4 members (excludes halogenated alkanes) is 3. The van der Waals surface area contributed by atoms with E-state index in [4.69, 9.17) is 18.9 Å². The van der Waals surface area contributed by atoms with Crippen molar-refractivity contribution in [1.29, 1.82) is 0 Å². The van der Waals surface area contributed by atoms with E-state index in [0.29, 0.717) is 22.8 Å². The van der Waals surface area contributed by atoms with E-state index in [9.17, 15) is 4.79 Å². The van der Waals surface area contributed by atoms with Gasteiger partial charge >= 0.3 is 0 Å². The average Bonchev–Trinajstić information content (AvgIpc) is 2.79. The minimum absolute atomic E-state index is 0.155. The monoisotopic (exact) mass is 476 g/mol. The Bertz CT molecular complexity index is 805. The Morgan fingerprint density at radius 1 is 0.900 bits per heavy atom. The molecule has 0 spiro atoms. The molecule has 0 aliphatic carbocycles. The summed E-state index contributed by atoms with van der Waals surface area (Å²) in [5, 5.41) is 1.06. The Morgan fingerprint density at radius 3 is 2.10 bits per heavy atom. The van der Waals surface area contributed by atoms with Gasteiger partial charge in [-0.25, -0.2) is 0 Å². The summed E-state index contributed by atoms with van der Waals surface area (Å²) < 4.78 is 21.7. The number of benzene rings is 2. The number of allylic oxidation sites excluding steroid dienone is 1. The second-order valence-corrected chi connectivity index (χ2v) is 7.43. The predicted octanol–water partition coefficient (Wildman–Crippen LogP) is 5.94. The predicted molar refractivity (Wildman–Crippen MR) is 124 cm³/mol. The number of methoxy groups -OCH3 is 3. The van der Waals surface area contributed by atoms with Gasteiger partial charge in [-0.15, -0.1) is 0 Å². The molecular weight excluding hydrogens is 448 g/mol. The van der Waals surface area contributed by atoms with Crippen molar-refractivity contribution in [1.82, 2.24) is 0 Å². The fourth-order valence-electron chi connectivity index (χ4n) is 2.91. The quantitative estimate of drug-likeness (QED) is 0.155. The van der Waals surface area contributed by atoms with Gasteiger partial charge in [-0.3, -0.25) is 4.79 Å². The number of halogens is 1. The van der Waals surface area contributed by atoms with E-state index in [1.54, 1.807) is 18.2 Å². The molecule has 2 rings (SSSR count). The van der Waals surface area contributed by atoms with Gasteiger partial charge in [0.2, 0.25) is 5.75 Å². The van der Waals surface area contributed by atoms with Crippen LogP contribution in [-0.2, 0) is 0 Å². The highest BCUT2D eigenvalue weighted by molar-refractivity contribution is 9.09. The number of alkyl halides is 1. The average molecular weight is 477 g/mol. The van der Waals surface area contributed by atoms with Crippen molar-refractivity contribution < 1.29 is 23.7 Å². The molecular formula is C24H29BrO5. The highest BCUT2D eigenvalue weighted by Crippen LogP contribution is 2.38. The first-order chi connectivity index (χ1) is 14.6. The maximum absolute atomic E-state index is 12.6. The van der Waals surface area contributed by atoms with Gasteiger partial charge in [0.25, 0.3) is 0 Å². The number of rotatable bonds is 13. The highest BCUT2D eigenvalue weighted by Gasteiger charge is 2.15. The fourth-order valence-corrected chi connectivity index (χ4v) is 3.30. The van der Waals surface area contributed by atoms with Crippen molar-refractivity contribution in [2.45, 2.75) is 25.7 Å². The van der Waals surface area contributed by atoms with Crippen molar-refractivity contribution >= 4 is 27.8 Å². The molecule has 0 heterocycles. The summed E-state index contributed by atoms with van der Waals surface area (Å²) in [5.41, 5.74) is 1.38. The van der Waals surface area contributed by atoms with Crippen LogP contribution in [0, 0.1) is 0 Å². The summed E-state index contributed by atoms with van der Waals surface area (Å²) >= 11 is 3.44. The van der Waals surface area contributed by atoms with E-state index >= 15 is 0 Å². The van der Waals surface area contributed by atoms with Gasteiger partial charge in [0.15, 0.2) is 17.3 Å². The van der Waals surface area contributed by atoms with E-state index in [1.807, 2.05) is 24.3 Å². The van der Waals surface area contributed by atoms with Crippen LogP contribution in [0.3, 0.4) is 0 Å². The molecule has 0 saturated heterocycles. The first kappa shape index (κ1) is 23.8. The summed E-state index contributed by atoms with van der Waals surface area (Å²) in [6.07, 6.45) is 7.96. The third-order valence-electron chi connectivity index (χ3n) is 4.55. The zero-order valence-corrected chi connectivity index (χ0v) is 19.4. The van der Waals surface area contributed by atoms with Gasteiger partial charge in [0, 0.05) is 10.9 Å². The lowest BCUT2D eigenvalue weighted by atomic mass is 10.1. The molecule has 0 aliphatic heterocycles. The SMILES string of the molecule is COc1cc(C(=O)C=Cc2ccc(OCCCCCCBr)cc2)cc(OC)c1OC. The summed E-state index contributed by atoms with van der Waals surface area (Å²) in [4.78, 5) is 12.6. The van der Waals surface area contributed by atoms with Gasteiger partial charge in [0.05, 0.1) is 27.9 Å². The Hall–Kier alpha value is -2.47. The van der Waals surface area contributed by atoms with Crippen LogP contribution in [-0.4, -0.2) is 39.0 Å². The lowest BCUT2D eigenvalue weighted by Crippen LogP contribution is -2.00. The second kappa shape index (κ2) is 13.0. The Morgan fingerprint density at radius 2 is 1.53 bits per heavy atom. The molecule has 0 amide bonds. The summed E-state index contributed by atoms with van der Waals surface area (Å²) in [6, 6.07) is 11.0. The number of hydrogen-bond donors (Lipinski definition) is 0. The Kier molecular flexibility index (Phi) is 10.3. The van der Waals surface area contributed by atoms with E-state index in [-0.39, 0.29) is 5.78 Å². The molecule has 2 aromatic rings. The topological polar surface area (TPSA) is 54.0 Å². The first-order valence-corrected chi connectivity index (χ1v) is 11.1. The van der Waals surface area contributed by atoms with Crippen molar-refractivity contribution in [3.8, 4) is 23.0 Å². The standard InChI is InChI=1S/C24H29BrO5/c1-27-22-16-19(17-23(28-2)24(22)29-3)21(26)13-10-18-8-11-20(12-9-18)30-15-7-5-4-6-14-25/h8-13,16-17H,4-7,14-15H2,1-3H3. The van der Waals surface area contributed by atoms with Crippen LogP contribution in [0.1, 0.15) is 41.6 Å². The molecule has 2 aromatic carbocycles. The summed E-state index contributed by atoms with van der Waals surface area (Å²) in [7, 11) is 4.57. The van der Waals surface area contributed by atoms with Gasteiger partial charge in [0.1, 0.15) is 5.75 Å². The van der Waals surface area contributed by atoms with Gasteiger partial charge < -0.3 is 18.9 Å². The molecule has 0 radical (unpaired) electrons. The molecule has 0 unspecified atom stereocenters. The molecule has 0 bridgehead atoms. The maximum Gasteiger partial charge on any atom is 0.203 e. The molecule has 0 atom stereocenters. The van der Waals surface area contributed by atoms with Crippen molar-refractivity contribution in [3.63, 3.8) is 0 Å². The smallest absolute Gasteiger partial charge is 0.203 e. The van der Waals surface area contributed by atoms with Crippen LogP contribution in [0.5, 0.6) is 23.0 Å². The molecule has 0 aromatic heterocycles. The molecule has 0 N–H and O–H groups in total. The molecule has 6 heteroatoms. The fraction of sp³-hybridized carbons (Fsp3) is 0.375. The second-order valence-electron chi connectivity index (χ2n) is 6.63. The number of hydrogen-bond acceptors (Lipinski definition) is 5. The van der Waals surface area contributed by atoms with Gasteiger partial charge in [-0.05, 0) is 48.7 Å². The van der Waals surface area contributed by atoms with E-state index < -0.39 is 0 Å². The highest BCUT2D eigenvalue weighted by atomic mass is 79.9.